The summed E-state index contributed by atoms with van der Waals surface area (Å²) in [5, 5.41) is 8.81. The predicted molar refractivity (Wildman–Crippen MR) is 95.3 cm³/mol. The van der Waals surface area contributed by atoms with Gasteiger partial charge in [0.05, 0.1) is 5.56 Å². The molecule has 7 nitrogen and oxygen atoms in total. The van der Waals surface area contributed by atoms with Gasteiger partial charge in [0.25, 0.3) is 0 Å². The maximum Gasteiger partial charge on any atom is 0.344 e. The summed E-state index contributed by atoms with van der Waals surface area (Å²) in [5.74, 6) is -1.91. The number of esters is 3. The number of rotatable bonds is 8. The number of carbonyl (C=O) groups is 3. The molecular formula is C20H20O7. The van der Waals surface area contributed by atoms with Crippen LogP contribution >= 0.6 is 0 Å². The van der Waals surface area contributed by atoms with E-state index in [-0.39, 0.29) is 17.9 Å². The SMILES string of the molecule is CC(=O)Oc1ccccc1C(=O)OCOC(=O)c1ccc(CCCO)cc1. The van der Waals surface area contributed by atoms with E-state index < -0.39 is 24.7 Å². The minimum absolute atomic E-state index is 0.0528. The molecule has 0 radical (unpaired) electrons. The molecule has 0 spiro atoms. The second kappa shape index (κ2) is 10.1. The Balaban J connectivity index is 1.87. The van der Waals surface area contributed by atoms with Gasteiger partial charge in [-0.1, -0.05) is 24.3 Å². The maximum atomic E-state index is 12.1. The zero-order valence-corrected chi connectivity index (χ0v) is 14.8. The smallest absolute Gasteiger partial charge is 0.344 e. The maximum absolute atomic E-state index is 12.1. The molecule has 0 aliphatic carbocycles. The Kier molecular flexibility index (Phi) is 7.51. The molecule has 2 aromatic carbocycles. The van der Waals surface area contributed by atoms with Crippen molar-refractivity contribution < 1.29 is 33.7 Å². The van der Waals surface area contributed by atoms with E-state index in [1.165, 1.54) is 19.1 Å². The number of benzene rings is 2. The highest BCUT2D eigenvalue weighted by Crippen LogP contribution is 2.19. The Bertz CT molecular complexity index is 796. The molecule has 0 fully saturated rings. The fourth-order valence-corrected chi connectivity index (χ4v) is 2.27. The van der Waals surface area contributed by atoms with E-state index in [1.54, 1.807) is 36.4 Å². The molecule has 2 aromatic rings. The third-order valence-corrected chi connectivity index (χ3v) is 3.55. The van der Waals surface area contributed by atoms with Crippen LogP contribution in [-0.2, 0) is 20.7 Å². The first-order valence-electron chi connectivity index (χ1n) is 8.32. The largest absolute Gasteiger partial charge is 0.426 e. The highest BCUT2D eigenvalue weighted by Gasteiger charge is 2.16. The van der Waals surface area contributed by atoms with Gasteiger partial charge in [-0.2, -0.15) is 0 Å². The summed E-state index contributed by atoms with van der Waals surface area (Å²) in [6.45, 7) is 0.757. The number of hydrogen-bond donors (Lipinski definition) is 1. The molecular weight excluding hydrogens is 352 g/mol. The van der Waals surface area contributed by atoms with Crippen molar-refractivity contribution in [1.82, 2.24) is 0 Å². The highest BCUT2D eigenvalue weighted by molar-refractivity contribution is 5.93. The molecule has 2 rings (SSSR count). The second-order valence-electron chi connectivity index (χ2n) is 5.60. The van der Waals surface area contributed by atoms with Gasteiger partial charge in [0.2, 0.25) is 6.79 Å². The van der Waals surface area contributed by atoms with Gasteiger partial charge < -0.3 is 19.3 Å². The zero-order valence-electron chi connectivity index (χ0n) is 14.8. The van der Waals surface area contributed by atoms with Crippen LogP contribution in [0.3, 0.4) is 0 Å². The predicted octanol–water partition coefficient (Wildman–Crippen LogP) is 2.51. The van der Waals surface area contributed by atoms with Crippen molar-refractivity contribution in [2.45, 2.75) is 19.8 Å². The van der Waals surface area contributed by atoms with Crippen LogP contribution in [0.1, 0.15) is 39.6 Å². The van der Waals surface area contributed by atoms with Crippen LogP contribution in [0.25, 0.3) is 0 Å². The first-order valence-corrected chi connectivity index (χ1v) is 8.32. The molecule has 0 unspecified atom stereocenters. The third kappa shape index (κ3) is 6.23. The molecule has 7 heteroatoms. The van der Waals surface area contributed by atoms with Crippen LogP contribution in [0.5, 0.6) is 5.75 Å². The molecule has 27 heavy (non-hydrogen) atoms. The molecule has 0 aromatic heterocycles. The first-order chi connectivity index (χ1) is 13.0. The van der Waals surface area contributed by atoms with Gasteiger partial charge >= 0.3 is 17.9 Å². The van der Waals surface area contributed by atoms with Crippen molar-refractivity contribution in [3.05, 3.63) is 65.2 Å². The number of aliphatic hydroxyl groups excluding tert-OH is 1. The van der Waals surface area contributed by atoms with Crippen LogP contribution in [0.2, 0.25) is 0 Å². The zero-order chi connectivity index (χ0) is 19.6. The van der Waals surface area contributed by atoms with E-state index in [4.69, 9.17) is 19.3 Å². The number of hydrogen-bond acceptors (Lipinski definition) is 7. The lowest BCUT2D eigenvalue weighted by molar-refractivity contribution is -0.131. The molecule has 0 bridgehead atoms. The van der Waals surface area contributed by atoms with Crippen LogP contribution in [-0.4, -0.2) is 36.4 Å². The lowest BCUT2D eigenvalue weighted by Gasteiger charge is -2.09. The summed E-state index contributed by atoms with van der Waals surface area (Å²) in [6, 6.07) is 12.9. The van der Waals surface area contributed by atoms with E-state index in [9.17, 15) is 14.4 Å². The minimum atomic E-state index is -0.779. The number of ether oxygens (including phenoxy) is 3. The van der Waals surface area contributed by atoms with Crippen molar-refractivity contribution >= 4 is 17.9 Å². The lowest BCUT2D eigenvalue weighted by atomic mass is 10.1. The van der Waals surface area contributed by atoms with E-state index >= 15 is 0 Å². The Hall–Kier alpha value is -3.19. The quantitative estimate of drug-likeness (QED) is 0.432. The van der Waals surface area contributed by atoms with E-state index in [1.807, 2.05) is 0 Å². The number of aryl methyl sites for hydroxylation is 1. The molecule has 0 heterocycles. The Morgan fingerprint density at radius 2 is 1.59 bits per heavy atom. The minimum Gasteiger partial charge on any atom is -0.426 e. The summed E-state index contributed by atoms with van der Waals surface area (Å²) in [4.78, 5) is 35.1. The molecule has 0 amide bonds. The summed E-state index contributed by atoms with van der Waals surface area (Å²) in [5.41, 5.74) is 1.37. The van der Waals surface area contributed by atoms with Crippen LogP contribution in [0, 0.1) is 0 Å². The van der Waals surface area contributed by atoms with Gasteiger partial charge in [-0.3, -0.25) is 4.79 Å². The Morgan fingerprint density at radius 3 is 2.26 bits per heavy atom. The second-order valence-corrected chi connectivity index (χ2v) is 5.60. The van der Waals surface area contributed by atoms with Crippen molar-refractivity contribution in [3.63, 3.8) is 0 Å². The van der Waals surface area contributed by atoms with E-state index in [0.717, 1.165) is 5.56 Å². The molecule has 0 saturated heterocycles. The summed E-state index contributed by atoms with van der Waals surface area (Å²) >= 11 is 0. The van der Waals surface area contributed by atoms with E-state index in [2.05, 4.69) is 0 Å². The summed E-state index contributed by atoms with van der Waals surface area (Å²) in [7, 11) is 0. The Labute approximate surface area is 156 Å². The van der Waals surface area contributed by atoms with E-state index in [0.29, 0.717) is 18.4 Å². The fraction of sp³-hybridized carbons (Fsp3) is 0.250. The standard InChI is InChI=1S/C20H20O7/c1-14(22)27-18-7-3-2-6-17(18)20(24)26-13-25-19(23)16-10-8-15(9-11-16)5-4-12-21/h2-3,6-11,21H,4-5,12-13H2,1H3. The van der Waals surface area contributed by atoms with Gasteiger partial charge in [-0.15, -0.1) is 0 Å². The number of carbonyl (C=O) groups excluding carboxylic acids is 3. The van der Waals surface area contributed by atoms with Crippen LogP contribution < -0.4 is 4.74 Å². The summed E-state index contributed by atoms with van der Waals surface area (Å²) < 4.78 is 14.8. The monoisotopic (exact) mass is 372 g/mol. The van der Waals surface area contributed by atoms with Crippen molar-refractivity contribution in [2.24, 2.45) is 0 Å². The number of para-hydroxylation sites is 1. The van der Waals surface area contributed by atoms with Crippen molar-refractivity contribution in [2.75, 3.05) is 13.4 Å². The Morgan fingerprint density at radius 1 is 0.926 bits per heavy atom. The molecule has 0 atom stereocenters. The first kappa shape index (κ1) is 20.1. The van der Waals surface area contributed by atoms with Gasteiger partial charge in [0.1, 0.15) is 11.3 Å². The van der Waals surface area contributed by atoms with Gasteiger partial charge in [0, 0.05) is 13.5 Å². The summed E-state index contributed by atoms with van der Waals surface area (Å²) in [6.07, 6.45) is 1.36. The normalized spacial score (nSPS) is 10.1. The lowest BCUT2D eigenvalue weighted by Crippen LogP contribution is -2.14. The third-order valence-electron chi connectivity index (χ3n) is 3.55. The van der Waals surface area contributed by atoms with Crippen LogP contribution in [0.15, 0.2) is 48.5 Å². The van der Waals surface area contributed by atoms with Gasteiger partial charge in [0.15, 0.2) is 0 Å². The van der Waals surface area contributed by atoms with Crippen LogP contribution in [0.4, 0.5) is 0 Å². The average Bonchev–Trinajstić information content (AvgIpc) is 2.66. The van der Waals surface area contributed by atoms with Crippen molar-refractivity contribution in [3.8, 4) is 5.75 Å². The molecule has 0 aliphatic heterocycles. The molecule has 1 N–H and O–H groups in total. The van der Waals surface area contributed by atoms with Crippen molar-refractivity contribution in [1.29, 1.82) is 0 Å². The van der Waals surface area contributed by atoms with Gasteiger partial charge in [-0.25, -0.2) is 9.59 Å². The average molecular weight is 372 g/mol. The fourth-order valence-electron chi connectivity index (χ4n) is 2.27. The highest BCUT2D eigenvalue weighted by atomic mass is 16.7. The molecule has 0 aliphatic rings. The number of aliphatic hydroxyl groups is 1. The topological polar surface area (TPSA) is 99.1 Å². The molecule has 142 valence electrons. The van der Waals surface area contributed by atoms with Gasteiger partial charge in [-0.05, 0) is 42.7 Å². The molecule has 0 saturated carbocycles.